The number of ether oxygens (including phenoxy) is 1. The molecule has 45 heavy (non-hydrogen) atoms. The molecule has 0 bridgehead atoms. The Bertz CT molecular complexity index is 735. The molecule has 0 aromatic carbocycles. The van der Waals surface area contributed by atoms with Crippen LogP contribution in [0.4, 0.5) is 0 Å². The SMILES string of the molecule is CCCCCCCCCCCC(=O)C(C)C(O)(O)C(O)(CC)OC(O)(CC)C(O)(O)C(C)C(=O)CCCCCCCCCCC. The highest BCUT2D eigenvalue weighted by atomic mass is 16.8. The molecule has 0 aliphatic carbocycles. The molecule has 6 N–H and O–H groups in total. The van der Waals surface area contributed by atoms with Crippen LogP contribution in [0.25, 0.3) is 0 Å². The van der Waals surface area contributed by atoms with E-state index in [-0.39, 0.29) is 12.8 Å². The zero-order valence-electron chi connectivity index (χ0n) is 29.6. The van der Waals surface area contributed by atoms with Crippen molar-refractivity contribution in [3.8, 4) is 0 Å². The summed E-state index contributed by atoms with van der Waals surface area (Å²) in [5.74, 6) is -16.2. The van der Waals surface area contributed by atoms with Gasteiger partial charge in [-0.15, -0.1) is 0 Å². The Morgan fingerprint density at radius 3 is 0.956 bits per heavy atom. The molecule has 0 radical (unpaired) electrons. The second-order valence-electron chi connectivity index (χ2n) is 13.4. The molecule has 0 amide bonds. The summed E-state index contributed by atoms with van der Waals surface area (Å²) in [6, 6.07) is 0. The number of aliphatic hydroxyl groups is 6. The number of carbonyl (C=O) groups excluding carboxylic acids is 2. The fraction of sp³-hybridized carbons (Fsp3) is 0.944. The predicted molar refractivity (Wildman–Crippen MR) is 178 cm³/mol. The van der Waals surface area contributed by atoms with E-state index in [1.54, 1.807) is 0 Å². The minimum atomic E-state index is -3.17. The molecule has 0 saturated heterocycles. The number of Topliss-reactive ketones (excluding diaryl/α,β-unsaturated/α-hetero) is 2. The summed E-state index contributed by atoms with van der Waals surface area (Å²) in [6.07, 6.45) is 18.1. The van der Waals surface area contributed by atoms with Gasteiger partial charge in [-0.05, 0) is 12.8 Å². The largest absolute Gasteiger partial charge is 0.361 e. The van der Waals surface area contributed by atoms with Crippen LogP contribution in [-0.4, -0.2) is 65.4 Å². The zero-order valence-corrected chi connectivity index (χ0v) is 29.6. The van der Waals surface area contributed by atoms with E-state index in [9.17, 15) is 40.2 Å². The van der Waals surface area contributed by atoms with Crippen molar-refractivity contribution in [2.75, 3.05) is 0 Å². The molecule has 9 nitrogen and oxygen atoms in total. The lowest BCUT2D eigenvalue weighted by atomic mass is 9.83. The van der Waals surface area contributed by atoms with Crippen LogP contribution in [0.2, 0.25) is 0 Å². The lowest BCUT2D eigenvalue weighted by Crippen LogP contribution is -2.69. The third-order valence-corrected chi connectivity index (χ3v) is 9.67. The Kier molecular flexibility index (Phi) is 22.1. The summed E-state index contributed by atoms with van der Waals surface area (Å²) < 4.78 is 5.40. The number of ketones is 2. The van der Waals surface area contributed by atoms with Crippen LogP contribution in [0, 0.1) is 11.8 Å². The maximum atomic E-state index is 12.9. The van der Waals surface area contributed by atoms with Gasteiger partial charge in [0.05, 0.1) is 11.8 Å². The molecular formula is C36H70O9. The van der Waals surface area contributed by atoms with Crippen LogP contribution in [0.3, 0.4) is 0 Å². The van der Waals surface area contributed by atoms with E-state index >= 15 is 0 Å². The average Bonchev–Trinajstić information content (AvgIpc) is 3.01. The van der Waals surface area contributed by atoms with Crippen molar-refractivity contribution in [1.29, 1.82) is 0 Å². The van der Waals surface area contributed by atoms with E-state index in [1.165, 1.54) is 79.1 Å². The first-order chi connectivity index (χ1) is 21.1. The zero-order chi connectivity index (χ0) is 34.6. The first kappa shape index (κ1) is 44.1. The van der Waals surface area contributed by atoms with Crippen molar-refractivity contribution >= 4 is 11.6 Å². The van der Waals surface area contributed by atoms with Gasteiger partial charge in [-0.2, -0.15) is 0 Å². The first-order valence-corrected chi connectivity index (χ1v) is 18.2. The smallest absolute Gasteiger partial charge is 0.228 e. The second-order valence-corrected chi connectivity index (χ2v) is 13.4. The van der Waals surface area contributed by atoms with Crippen molar-refractivity contribution in [3.05, 3.63) is 0 Å². The summed E-state index contributed by atoms with van der Waals surface area (Å²) in [6.45, 7) is 9.58. The fourth-order valence-electron chi connectivity index (χ4n) is 5.87. The van der Waals surface area contributed by atoms with E-state index in [1.807, 2.05) is 0 Å². The van der Waals surface area contributed by atoms with Crippen molar-refractivity contribution in [3.63, 3.8) is 0 Å². The summed E-state index contributed by atoms with van der Waals surface area (Å²) in [7, 11) is 0. The molecule has 9 heteroatoms. The third kappa shape index (κ3) is 14.4. The van der Waals surface area contributed by atoms with E-state index in [4.69, 9.17) is 4.74 Å². The Balaban J connectivity index is 5.18. The van der Waals surface area contributed by atoms with Gasteiger partial charge >= 0.3 is 0 Å². The molecule has 0 aliphatic heterocycles. The summed E-state index contributed by atoms with van der Waals surface area (Å²) in [5, 5.41) is 66.8. The molecular weight excluding hydrogens is 576 g/mol. The van der Waals surface area contributed by atoms with E-state index in [0.717, 1.165) is 51.4 Å². The van der Waals surface area contributed by atoms with E-state index in [2.05, 4.69) is 13.8 Å². The number of rotatable bonds is 30. The van der Waals surface area contributed by atoms with Gasteiger partial charge in [0.2, 0.25) is 23.1 Å². The quantitative estimate of drug-likeness (QED) is 0.0363. The van der Waals surface area contributed by atoms with Crippen molar-refractivity contribution in [2.24, 2.45) is 11.8 Å². The Morgan fingerprint density at radius 1 is 0.467 bits per heavy atom. The topological polar surface area (TPSA) is 165 Å². The van der Waals surface area contributed by atoms with E-state index in [0.29, 0.717) is 12.8 Å². The highest BCUT2D eigenvalue weighted by molar-refractivity contribution is 5.82. The van der Waals surface area contributed by atoms with Gasteiger partial charge in [0.1, 0.15) is 11.6 Å². The first-order valence-electron chi connectivity index (χ1n) is 18.2. The standard InChI is InChI=1S/C36H70O9/c1-7-11-13-15-17-19-21-23-25-27-31(37)29(5)35(41,42)33(39,9-3)45-34(40,10-4)36(43,44)30(6)32(38)28-26-24-22-20-18-16-14-12-8-2/h29-30,39-44H,7-28H2,1-6H3. The summed E-state index contributed by atoms with van der Waals surface area (Å²) >= 11 is 0. The average molecular weight is 647 g/mol. The number of hydrogen-bond acceptors (Lipinski definition) is 9. The molecule has 0 aromatic heterocycles. The van der Waals surface area contributed by atoms with Crippen LogP contribution < -0.4 is 0 Å². The normalized spacial score (nSPS) is 16.6. The highest BCUT2D eigenvalue weighted by Crippen LogP contribution is 2.42. The maximum Gasteiger partial charge on any atom is 0.228 e. The van der Waals surface area contributed by atoms with Gasteiger partial charge in [0.15, 0.2) is 0 Å². The van der Waals surface area contributed by atoms with Crippen molar-refractivity contribution in [1.82, 2.24) is 0 Å². The molecule has 4 atom stereocenters. The van der Waals surface area contributed by atoms with Crippen LogP contribution in [0.15, 0.2) is 0 Å². The molecule has 0 spiro atoms. The number of carbonyl (C=O) groups is 2. The maximum absolute atomic E-state index is 12.9. The molecule has 0 rings (SSSR count). The second kappa shape index (κ2) is 22.6. The molecule has 268 valence electrons. The molecule has 0 aliphatic rings. The van der Waals surface area contributed by atoms with Gasteiger partial charge in [0, 0.05) is 25.7 Å². The predicted octanol–water partition coefficient (Wildman–Crippen LogP) is 6.81. The Labute approximate surface area is 274 Å². The third-order valence-electron chi connectivity index (χ3n) is 9.67. The molecule has 0 aromatic rings. The van der Waals surface area contributed by atoms with E-state index < -0.39 is 59.4 Å². The molecule has 0 saturated carbocycles. The number of unbranched alkanes of at least 4 members (excludes halogenated alkanes) is 16. The van der Waals surface area contributed by atoms with Crippen LogP contribution in [-0.2, 0) is 14.3 Å². The number of hydrogen-bond donors (Lipinski definition) is 6. The molecule has 0 fully saturated rings. The van der Waals surface area contributed by atoms with Crippen molar-refractivity contribution < 1.29 is 45.0 Å². The monoisotopic (exact) mass is 647 g/mol. The van der Waals surface area contributed by atoms with Gasteiger partial charge < -0.3 is 35.4 Å². The highest BCUT2D eigenvalue weighted by Gasteiger charge is 2.63. The minimum absolute atomic E-state index is 0.0754. The Morgan fingerprint density at radius 2 is 0.711 bits per heavy atom. The minimum Gasteiger partial charge on any atom is -0.361 e. The molecule has 4 unspecified atom stereocenters. The van der Waals surface area contributed by atoms with Crippen LogP contribution in [0.1, 0.15) is 183 Å². The van der Waals surface area contributed by atoms with Gasteiger partial charge in [-0.25, -0.2) is 0 Å². The fourth-order valence-corrected chi connectivity index (χ4v) is 5.87. The summed E-state index contributed by atoms with van der Waals surface area (Å²) in [4.78, 5) is 25.8. The Hall–Kier alpha value is -0.940. The van der Waals surface area contributed by atoms with Gasteiger partial charge in [-0.3, -0.25) is 9.59 Å². The van der Waals surface area contributed by atoms with Crippen LogP contribution in [0.5, 0.6) is 0 Å². The van der Waals surface area contributed by atoms with Crippen molar-refractivity contribution in [2.45, 2.75) is 206 Å². The lowest BCUT2D eigenvalue weighted by molar-refractivity contribution is -0.482. The molecule has 0 heterocycles. The summed E-state index contributed by atoms with van der Waals surface area (Å²) in [5.41, 5.74) is 0. The van der Waals surface area contributed by atoms with Gasteiger partial charge in [-0.1, -0.05) is 144 Å². The lowest BCUT2D eigenvalue weighted by Gasteiger charge is -2.49. The van der Waals surface area contributed by atoms with Crippen LogP contribution >= 0.6 is 0 Å². The van der Waals surface area contributed by atoms with Gasteiger partial charge in [0.25, 0.3) is 0 Å².